The first kappa shape index (κ1) is 25.2. The Labute approximate surface area is 193 Å². The average molecular weight is 442 g/mol. The molecule has 31 heavy (non-hydrogen) atoms. The van der Waals surface area contributed by atoms with Crippen LogP contribution in [0, 0.1) is 5.92 Å². The minimum atomic E-state index is 0. The summed E-state index contributed by atoms with van der Waals surface area (Å²) in [6.45, 7) is 5.99. The number of rotatable bonds is 11. The van der Waals surface area contributed by atoms with Gasteiger partial charge < -0.3 is 9.64 Å². The fraction of sp³-hybridized carbons (Fsp3) is 0.444. The molecule has 0 unspecified atom stereocenters. The van der Waals surface area contributed by atoms with Crippen molar-refractivity contribution in [3.05, 3.63) is 71.8 Å². The summed E-state index contributed by atoms with van der Waals surface area (Å²) in [7, 11) is 0. The Bertz CT molecular complexity index is 781. The number of ketones is 1. The van der Waals surface area contributed by atoms with Crippen LogP contribution in [0.1, 0.15) is 50.2 Å². The minimum absolute atomic E-state index is 0. The van der Waals surface area contributed by atoms with E-state index in [2.05, 4.69) is 42.2 Å². The highest BCUT2D eigenvalue weighted by molar-refractivity contribution is 5.93. The molecule has 0 N–H and O–H groups in total. The van der Waals surface area contributed by atoms with Crippen LogP contribution in [0.2, 0.25) is 0 Å². The number of allylic oxidation sites excluding steroid dienone is 1. The molecular weight excluding hydrogens is 406 g/mol. The Balaban J connectivity index is 0.00000341. The molecule has 0 aromatic heterocycles. The van der Waals surface area contributed by atoms with Crippen LogP contribution in [0.4, 0.5) is 0 Å². The highest BCUT2D eigenvalue weighted by Gasteiger charge is 2.19. The first-order valence-electron chi connectivity index (χ1n) is 11.4. The van der Waals surface area contributed by atoms with E-state index in [1.54, 1.807) is 6.08 Å². The smallest absolute Gasteiger partial charge is 0.156 e. The van der Waals surface area contributed by atoms with Gasteiger partial charge >= 0.3 is 0 Å². The Hall–Kier alpha value is -2.10. The number of nitrogens with zero attached hydrogens (tertiary/aromatic N) is 1. The topological polar surface area (TPSA) is 29.5 Å². The largest absolute Gasteiger partial charge is 0.494 e. The van der Waals surface area contributed by atoms with Gasteiger partial charge in [-0.3, -0.25) is 4.79 Å². The van der Waals surface area contributed by atoms with Gasteiger partial charge in [0.1, 0.15) is 5.75 Å². The zero-order valence-electron chi connectivity index (χ0n) is 18.7. The van der Waals surface area contributed by atoms with Crippen molar-refractivity contribution < 1.29 is 9.53 Å². The number of ether oxygens (including phenoxy) is 1. The predicted molar refractivity (Wildman–Crippen MR) is 132 cm³/mol. The van der Waals surface area contributed by atoms with E-state index in [9.17, 15) is 4.79 Å². The normalized spacial score (nSPS) is 15.0. The van der Waals surface area contributed by atoms with Crippen molar-refractivity contribution >= 4 is 24.3 Å². The Morgan fingerprint density at radius 2 is 1.77 bits per heavy atom. The second-order valence-corrected chi connectivity index (χ2v) is 8.30. The molecule has 1 saturated heterocycles. The molecule has 1 heterocycles. The summed E-state index contributed by atoms with van der Waals surface area (Å²) >= 11 is 0. The lowest BCUT2D eigenvalue weighted by Crippen LogP contribution is -2.35. The van der Waals surface area contributed by atoms with Gasteiger partial charge in [0.15, 0.2) is 5.78 Å². The molecule has 168 valence electrons. The van der Waals surface area contributed by atoms with Gasteiger partial charge in [-0.05, 0) is 74.0 Å². The third-order valence-electron chi connectivity index (χ3n) is 5.86. The lowest BCUT2D eigenvalue weighted by molar-refractivity contribution is -0.114. The number of unbranched alkanes of at least 4 members (excludes halogenated alkanes) is 1. The summed E-state index contributed by atoms with van der Waals surface area (Å²) in [6.07, 6.45) is 10.1. The van der Waals surface area contributed by atoms with Crippen LogP contribution >= 0.6 is 12.4 Å². The molecule has 1 aliphatic rings. The highest BCUT2D eigenvalue weighted by atomic mass is 35.5. The van der Waals surface area contributed by atoms with Gasteiger partial charge in [-0.15, -0.1) is 12.4 Å². The number of halogens is 1. The Morgan fingerprint density at radius 1 is 1.06 bits per heavy atom. The van der Waals surface area contributed by atoms with Crippen LogP contribution in [0.25, 0.3) is 6.08 Å². The molecule has 2 aromatic rings. The third-order valence-corrected chi connectivity index (χ3v) is 5.86. The lowest BCUT2D eigenvalue weighted by atomic mass is 9.90. The molecule has 0 spiro atoms. The third kappa shape index (κ3) is 9.28. The number of carbonyl (C=O) groups excluding carboxylic acids is 1. The predicted octanol–water partition coefficient (Wildman–Crippen LogP) is 6.21. The molecule has 4 heteroatoms. The monoisotopic (exact) mass is 441 g/mol. The maximum atomic E-state index is 12.3. The van der Waals surface area contributed by atoms with Crippen molar-refractivity contribution in [3.8, 4) is 5.75 Å². The zero-order chi connectivity index (χ0) is 21.0. The van der Waals surface area contributed by atoms with E-state index >= 15 is 0 Å². The number of likely N-dealkylation sites (tertiary alicyclic amines) is 1. The molecule has 0 atom stereocenters. The Morgan fingerprint density at radius 3 is 2.45 bits per heavy atom. The summed E-state index contributed by atoms with van der Waals surface area (Å²) < 4.78 is 5.68. The van der Waals surface area contributed by atoms with E-state index in [0.29, 0.717) is 6.42 Å². The maximum Gasteiger partial charge on any atom is 0.156 e. The average Bonchev–Trinajstić information content (AvgIpc) is 2.79. The van der Waals surface area contributed by atoms with E-state index in [4.69, 9.17) is 4.74 Å². The number of hydrogen-bond acceptors (Lipinski definition) is 3. The summed E-state index contributed by atoms with van der Waals surface area (Å²) in [4.78, 5) is 14.7. The van der Waals surface area contributed by atoms with Crippen LogP contribution in [0.15, 0.2) is 60.7 Å². The van der Waals surface area contributed by atoms with Gasteiger partial charge in [0.2, 0.25) is 0 Å². The van der Waals surface area contributed by atoms with E-state index in [1.165, 1.54) is 24.8 Å². The number of benzene rings is 2. The molecule has 3 rings (SSSR count). The zero-order valence-corrected chi connectivity index (χ0v) is 19.5. The number of carbonyl (C=O) groups is 1. The fourth-order valence-electron chi connectivity index (χ4n) is 3.91. The number of piperidine rings is 1. The fourth-order valence-corrected chi connectivity index (χ4v) is 3.91. The molecular formula is C27H36ClNO2. The molecule has 0 saturated carbocycles. The van der Waals surface area contributed by atoms with Gasteiger partial charge in [0.05, 0.1) is 6.61 Å². The van der Waals surface area contributed by atoms with E-state index in [-0.39, 0.29) is 18.2 Å². The quantitative estimate of drug-likeness (QED) is 0.306. The Kier molecular flexibility index (Phi) is 11.4. The first-order chi connectivity index (χ1) is 14.7. The number of hydrogen-bond donors (Lipinski definition) is 0. The van der Waals surface area contributed by atoms with Crippen LogP contribution in [-0.4, -0.2) is 36.9 Å². The molecule has 0 aliphatic carbocycles. The second kappa shape index (κ2) is 14.1. The summed E-state index contributed by atoms with van der Waals surface area (Å²) in [5.41, 5.74) is 2.48. The minimum Gasteiger partial charge on any atom is -0.494 e. The first-order valence-corrected chi connectivity index (χ1v) is 11.4. The van der Waals surface area contributed by atoms with Crippen molar-refractivity contribution in [2.75, 3.05) is 26.2 Å². The molecule has 3 nitrogen and oxygen atoms in total. The van der Waals surface area contributed by atoms with Crippen molar-refractivity contribution in [1.82, 2.24) is 4.90 Å². The van der Waals surface area contributed by atoms with Crippen molar-refractivity contribution in [1.29, 1.82) is 0 Å². The van der Waals surface area contributed by atoms with E-state index in [0.717, 1.165) is 56.3 Å². The maximum absolute atomic E-state index is 12.3. The van der Waals surface area contributed by atoms with Crippen molar-refractivity contribution in [2.45, 2.75) is 45.4 Å². The van der Waals surface area contributed by atoms with Crippen LogP contribution in [-0.2, 0) is 11.2 Å². The molecule has 2 aromatic carbocycles. The molecule has 1 aliphatic heterocycles. The standard InChI is InChI=1S/C27H35NO2.ClH/c1-2-3-21-30-27-13-10-23(11-14-27)9-12-26(29)17-20-28-18-15-25(16-19-28)22-24-7-5-4-6-8-24;/h4-14,25H,2-3,15-22H2,1H3;1H. The van der Waals surface area contributed by atoms with Gasteiger partial charge in [0, 0.05) is 13.0 Å². The SMILES string of the molecule is CCCCOc1ccc(C=CC(=O)CCN2CCC(Cc3ccccc3)CC2)cc1.Cl. The molecule has 0 radical (unpaired) electrons. The van der Waals surface area contributed by atoms with Crippen LogP contribution in [0.3, 0.4) is 0 Å². The van der Waals surface area contributed by atoms with Gasteiger partial charge in [0.25, 0.3) is 0 Å². The van der Waals surface area contributed by atoms with E-state index < -0.39 is 0 Å². The lowest BCUT2D eigenvalue weighted by Gasteiger charge is -2.31. The van der Waals surface area contributed by atoms with E-state index in [1.807, 2.05) is 30.3 Å². The summed E-state index contributed by atoms with van der Waals surface area (Å²) in [5, 5.41) is 0. The van der Waals surface area contributed by atoms with Crippen LogP contribution in [0.5, 0.6) is 5.75 Å². The molecule has 1 fully saturated rings. The van der Waals surface area contributed by atoms with Gasteiger partial charge in [-0.1, -0.05) is 61.9 Å². The summed E-state index contributed by atoms with van der Waals surface area (Å²) in [5.74, 6) is 1.86. The summed E-state index contributed by atoms with van der Waals surface area (Å²) in [6, 6.07) is 18.7. The molecule has 0 bridgehead atoms. The van der Waals surface area contributed by atoms with Crippen molar-refractivity contribution in [3.63, 3.8) is 0 Å². The van der Waals surface area contributed by atoms with Crippen molar-refractivity contribution in [2.24, 2.45) is 5.92 Å². The highest BCUT2D eigenvalue weighted by Crippen LogP contribution is 2.21. The molecule has 0 amide bonds. The van der Waals surface area contributed by atoms with Crippen LogP contribution < -0.4 is 4.74 Å². The van der Waals surface area contributed by atoms with Gasteiger partial charge in [-0.2, -0.15) is 0 Å². The van der Waals surface area contributed by atoms with Gasteiger partial charge in [-0.25, -0.2) is 0 Å². The second-order valence-electron chi connectivity index (χ2n) is 8.30.